The normalized spacial score (nSPS) is 11.4. The van der Waals surface area contributed by atoms with Crippen LogP contribution in [0, 0.1) is 6.92 Å². The van der Waals surface area contributed by atoms with Gasteiger partial charge in [-0.15, -0.1) is 5.10 Å². The number of rotatable bonds is 5. The van der Waals surface area contributed by atoms with Gasteiger partial charge in [0.25, 0.3) is 10.0 Å². The molecule has 0 saturated heterocycles. The maximum absolute atomic E-state index is 12.4. The van der Waals surface area contributed by atoms with Crippen LogP contribution in [0.4, 0.5) is 17.3 Å². The lowest BCUT2D eigenvalue weighted by Crippen LogP contribution is -2.13. The molecule has 2 aromatic carbocycles. The molecule has 0 spiro atoms. The van der Waals surface area contributed by atoms with E-state index in [9.17, 15) is 8.42 Å². The third-order valence-corrected chi connectivity index (χ3v) is 5.24. The van der Waals surface area contributed by atoms with E-state index in [0.29, 0.717) is 17.3 Å². The number of anilines is 3. The number of hydrogen-bond acceptors (Lipinski definition) is 7. The van der Waals surface area contributed by atoms with Crippen LogP contribution in [-0.2, 0) is 10.0 Å². The van der Waals surface area contributed by atoms with Crippen molar-refractivity contribution in [1.29, 1.82) is 0 Å². The summed E-state index contributed by atoms with van der Waals surface area (Å²) in [5.74, 6) is 1.25. The van der Waals surface area contributed by atoms with E-state index in [1.54, 1.807) is 25.3 Å². The maximum Gasteiger partial charge on any atom is 0.263 e. The molecule has 0 amide bonds. The maximum atomic E-state index is 12.4. The molecule has 0 saturated carbocycles. The predicted molar refractivity (Wildman–Crippen MR) is 101 cm³/mol. The van der Waals surface area contributed by atoms with Crippen LogP contribution in [0.1, 0.15) is 5.76 Å². The third kappa shape index (κ3) is 3.58. The van der Waals surface area contributed by atoms with Crippen LogP contribution in [0.15, 0.2) is 70.2 Å². The Bertz CT molecular complexity index is 1200. The number of sulfonamides is 1. The lowest BCUT2D eigenvalue weighted by molar-refractivity contribution is 0.400. The second kappa shape index (κ2) is 6.69. The zero-order valence-electron chi connectivity index (χ0n) is 14.2. The number of benzene rings is 2. The fourth-order valence-electron chi connectivity index (χ4n) is 2.59. The van der Waals surface area contributed by atoms with E-state index in [-0.39, 0.29) is 10.7 Å². The van der Waals surface area contributed by atoms with Gasteiger partial charge in [-0.1, -0.05) is 29.4 Å². The minimum atomic E-state index is -3.75. The van der Waals surface area contributed by atoms with Crippen molar-refractivity contribution in [2.45, 2.75) is 11.8 Å². The molecule has 8 nitrogen and oxygen atoms in total. The van der Waals surface area contributed by atoms with Crippen molar-refractivity contribution in [2.24, 2.45) is 0 Å². The summed E-state index contributed by atoms with van der Waals surface area (Å²) in [4.78, 5) is 0.109. The van der Waals surface area contributed by atoms with Crippen LogP contribution < -0.4 is 10.0 Å². The van der Waals surface area contributed by atoms with Gasteiger partial charge in [-0.2, -0.15) is 5.10 Å². The number of fused-ring (bicyclic) bond motifs is 1. The highest BCUT2D eigenvalue weighted by Crippen LogP contribution is 2.24. The Kier molecular flexibility index (Phi) is 4.21. The van der Waals surface area contributed by atoms with Crippen LogP contribution in [-0.4, -0.2) is 23.8 Å². The van der Waals surface area contributed by atoms with Crippen LogP contribution in [0.25, 0.3) is 10.8 Å². The Balaban J connectivity index is 1.57. The van der Waals surface area contributed by atoms with Gasteiger partial charge < -0.3 is 9.84 Å². The smallest absolute Gasteiger partial charge is 0.263 e. The monoisotopic (exact) mass is 381 g/mol. The minimum Gasteiger partial charge on any atom is -0.360 e. The molecule has 136 valence electrons. The van der Waals surface area contributed by atoms with E-state index < -0.39 is 10.0 Å². The summed E-state index contributed by atoms with van der Waals surface area (Å²) in [5, 5.41) is 16.8. The molecule has 4 aromatic rings. The summed E-state index contributed by atoms with van der Waals surface area (Å²) in [7, 11) is -3.75. The van der Waals surface area contributed by atoms with Gasteiger partial charge in [-0.3, -0.25) is 4.72 Å². The van der Waals surface area contributed by atoms with Crippen molar-refractivity contribution in [3.05, 3.63) is 66.6 Å². The molecule has 0 unspecified atom stereocenters. The highest BCUT2D eigenvalue weighted by atomic mass is 32.2. The zero-order chi connectivity index (χ0) is 18.9. The fraction of sp³-hybridized carbons (Fsp3) is 0.0556. The molecule has 2 heterocycles. The van der Waals surface area contributed by atoms with Crippen molar-refractivity contribution < 1.29 is 12.9 Å². The van der Waals surface area contributed by atoms with E-state index in [0.717, 1.165) is 10.8 Å². The standard InChI is InChI=1S/C18H15N5O3S/c1-12-10-17(22-26-12)23-27(24,25)15-8-6-14(7-9-15)20-18-16-5-3-2-4-13(16)11-19-21-18/h2-11H,1H3,(H,20,21)(H,22,23). The second-order valence-corrected chi connectivity index (χ2v) is 7.54. The first-order valence-electron chi connectivity index (χ1n) is 8.05. The molecule has 9 heteroatoms. The molecule has 27 heavy (non-hydrogen) atoms. The third-order valence-electron chi connectivity index (χ3n) is 3.86. The van der Waals surface area contributed by atoms with E-state index >= 15 is 0 Å². The first kappa shape index (κ1) is 17.0. The van der Waals surface area contributed by atoms with Crippen molar-refractivity contribution in [3.63, 3.8) is 0 Å². The van der Waals surface area contributed by atoms with E-state index in [1.165, 1.54) is 18.2 Å². The van der Waals surface area contributed by atoms with E-state index in [4.69, 9.17) is 4.52 Å². The van der Waals surface area contributed by atoms with Crippen LogP contribution in [0.2, 0.25) is 0 Å². The molecule has 0 atom stereocenters. The topological polar surface area (TPSA) is 110 Å². The Hall–Kier alpha value is -3.46. The summed E-state index contributed by atoms with van der Waals surface area (Å²) < 4.78 is 32.1. The Morgan fingerprint density at radius 1 is 1.04 bits per heavy atom. The van der Waals surface area contributed by atoms with E-state index in [2.05, 4.69) is 25.4 Å². The highest BCUT2D eigenvalue weighted by Gasteiger charge is 2.16. The summed E-state index contributed by atoms with van der Waals surface area (Å²) in [5.41, 5.74) is 0.692. The molecule has 0 aliphatic carbocycles. The first-order chi connectivity index (χ1) is 13.0. The summed E-state index contributed by atoms with van der Waals surface area (Å²) in [6.07, 6.45) is 1.69. The number of nitrogens with zero attached hydrogens (tertiary/aromatic N) is 3. The van der Waals surface area contributed by atoms with Gasteiger partial charge in [-0.25, -0.2) is 8.42 Å². The predicted octanol–water partition coefficient (Wildman–Crippen LogP) is 3.47. The molecule has 2 N–H and O–H groups in total. The average Bonchev–Trinajstić information content (AvgIpc) is 3.06. The van der Waals surface area contributed by atoms with Gasteiger partial charge >= 0.3 is 0 Å². The largest absolute Gasteiger partial charge is 0.360 e. The fourth-order valence-corrected chi connectivity index (χ4v) is 3.57. The van der Waals surface area contributed by atoms with Gasteiger partial charge in [0, 0.05) is 22.5 Å². The van der Waals surface area contributed by atoms with Gasteiger partial charge in [0.2, 0.25) is 0 Å². The molecule has 0 aliphatic heterocycles. The summed E-state index contributed by atoms with van der Waals surface area (Å²) in [6.45, 7) is 1.68. The quantitative estimate of drug-likeness (QED) is 0.544. The minimum absolute atomic E-state index is 0.109. The highest BCUT2D eigenvalue weighted by molar-refractivity contribution is 7.92. The number of hydrogen-bond donors (Lipinski definition) is 2. The van der Waals surface area contributed by atoms with Crippen molar-refractivity contribution in [1.82, 2.24) is 15.4 Å². The molecular weight excluding hydrogens is 366 g/mol. The van der Waals surface area contributed by atoms with Crippen molar-refractivity contribution in [3.8, 4) is 0 Å². The number of nitrogens with one attached hydrogen (secondary N) is 2. The van der Waals surface area contributed by atoms with E-state index in [1.807, 2.05) is 24.3 Å². The molecule has 0 aliphatic rings. The zero-order valence-corrected chi connectivity index (χ0v) is 15.1. The molecule has 4 rings (SSSR count). The molecule has 2 aromatic heterocycles. The Morgan fingerprint density at radius 2 is 1.81 bits per heavy atom. The Labute approximate surface area is 155 Å². The molecular formula is C18H15N5O3S. The van der Waals surface area contributed by atoms with Gasteiger partial charge in [-0.05, 0) is 31.2 Å². The Morgan fingerprint density at radius 3 is 2.56 bits per heavy atom. The van der Waals surface area contributed by atoms with Gasteiger partial charge in [0.1, 0.15) is 5.76 Å². The summed E-state index contributed by atoms with van der Waals surface area (Å²) >= 11 is 0. The summed E-state index contributed by atoms with van der Waals surface area (Å²) in [6, 6.07) is 15.5. The van der Waals surface area contributed by atoms with Crippen molar-refractivity contribution >= 4 is 38.1 Å². The van der Waals surface area contributed by atoms with Crippen molar-refractivity contribution in [2.75, 3.05) is 10.0 Å². The SMILES string of the molecule is Cc1cc(NS(=O)(=O)c2ccc(Nc3nncc4ccccc34)cc2)no1. The van der Waals surface area contributed by atoms with Gasteiger partial charge in [0.15, 0.2) is 11.6 Å². The lowest BCUT2D eigenvalue weighted by Gasteiger charge is -2.09. The van der Waals surface area contributed by atoms with Crippen LogP contribution in [0.5, 0.6) is 0 Å². The van der Waals surface area contributed by atoms with Crippen LogP contribution in [0.3, 0.4) is 0 Å². The number of aromatic nitrogens is 3. The van der Waals surface area contributed by atoms with Crippen LogP contribution >= 0.6 is 0 Å². The number of aryl methyl sites for hydroxylation is 1. The molecule has 0 radical (unpaired) electrons. The van der Waals surface area contributed by atoms with Gasteiger partial charge in [0.05, 0.1) is 11.1 Å². The first-order valence-corrected chi connectivity index (χ1v) is 9.53. The second-order valence-electron chi connectivity index (χ2n) is 5.86. The average molecular weight is 381 g/mol. The molecule has 0 bridgehead atoms. The molecule has 0 fully saturated rings. The lowest BCUT2D eigenvalue weighted by atomic mass is 10.2.